The summed E-state index contributed by atoms with van der Waals surface area (Å²) in [5, 5.41) is 3.08. The lowest BCUT2D eigenvalue weighted by Crippen LogP contribution is -2.46. The molecule has 2 aromatic rings. The van der Waals surface area contributed by atoms with Crippen molar-refractivity contribution in [2.24, 2.45) is 0 Å². The zero-order valence-corrected chi connectivity index (χ0v) is 15.0. The standard InChI is InChI=1S/C20H24N4O2/c1-15-2-4-16(5-3-15)20(26)23-17-8-12-24(13-9-17)19(25)7-6-18-14-21-10-11-22-18/h2-5,10-11,14,17H,6-9,12-13H2,1H3,(H,23,26). The van der Waals surface area contributed by atoms with Crippen molar-refractivity contribution in [3.05, 3.63) is 59.7 Å². The van der Waals surface area contributed by atoms with Crippen molar-refractivity contribution in [3.8, 4) is 0 Å². The summed E-state index contributed by atoms with van der Waals surface area (Å²) in [7, 11) is 0. The third-order valence-corrected chi connectivity index (χ3v) is 4.71. The van der Waals surface area contributed by atoms with Crippen LogP contribution in [-0.2, 0) is 11.2 Å². The third-order valence-electron chi connectivity index (χ3n) is 4.71. The van der Waals surface area contributed by atoms with Gasteiger partial charge >= 0.3 is 0 Å². The molecule has 26 heavy (non-hydrogen) atoms. The molecule has 3 rings (SSSR count). The number of aromatic nitrogens is 2. The number of benzene rings is 1. The Labute approximate surface area is 153 Å². The number of nitrogens with zero attached hydrogens (tertiary/aromatic N) is 3. The quantitative estimate of drug-likeness (QED) is 0.895. The monoisotopic (exact) mass is 352 g/mol. The summed E-state index contributed by atoms with van der Waals surface area (Å²) in [6.07, 6.45) is 7.59. The molecule has 1 aliphatic heterocycles. The SMILES string of the molecule is Cc1ccc(C(=O)NC2CCN(C(=O)CCc3cnccn3)CC2)cc1. The Balaban J connectivity index is 1.42. The third kappa shape index (κ3) is 4.88. The van der Waals surface area contributed by atoms with Gasteiger partial charge in [0.2, 0.25) is 5.91 Å². The van der Waals surface area contributed by atoms with Gasteiger partial charge in [0.05, 0.1) is 5.69 Å². The van der Waals surface area contributed by atoms with Crippen LogP contribution in [0.2, 0.25) is 0 Å². The molecule has 1 aromatic heterocycles. The molecule has 6 nitrogen and oxygen atoms in total. The molecule has 0 saturated carbocycles. The van der Waals surface area contributed by atoms with E-state index in [1.54, 1.807) is 18.6 Å². The van der Waals surface area contributed by atoms with Crippen molar-refractivity contribution in [2.75, 3.05) is 13.1 Å². The van der Waals surface area contributed by atoms with Crippen LogP contribution in [-0.4, -0.2) is 45.8 Å². The Morgan fingerprint density at radius 1 is 1.15 bits per heavy atom. The fourth-order valence-corrected chi connectivity index (χ4v) is 3.10. The van der Waals surface area contributed by atoms with Gasteiger partial charge < -0.3 is 10.2 Å². The summed E-state index contributed by atoms with van der Waals surface area (Å²) >= 11 is 0. The van der Waals surface area contributed by atoms with Crippen molar-refractivity contribution in [3.63, 3.8) is 0 Å². The van der Waals surface area contributed by atoms with Gasteiger partial charge in [-0.2, -0.15) is 0 Å². The highest BCUT2D eigenvalue weighted by atomic mass is 16.2. The maximum atomic E-state index is 12.3. The number of rotatable bonds is 5. The number of piperidine rings is 1. The molecular weight excluding hydrogens is 328 g/mol. The first kappa shape index (κ1) is 18.0. The maximum absolute atomic E-state index is 12.3. The smallest absolute Gasteiger partial charge is 0.251 e. The molecule has 6 heteroatoms. The normalized spacial score (nSPS) is 14.9. The van der Waals surface area contributed by atoms with Crippen molar-refractivity contribution in [1.82, 2.24) is 20.2 Å². The fraction of sp³-hybridized carbons (Fsp3) is 0.400. The molecule has 136 valence electrons. The van der Waals surface area contributed by atoms with Crippen LogP contribution >= 0.6 is 0 Å². The van der Waals surface area contributed by atoms with E-state index in [0.717, 1.165) is 24.1 Å². The molecule has 2 heterocycles. The van der Waals surface area contributed by atoms with Crippen LogP contribution < -0.4 is 5.32 Å². The number of carbonyl (C=O) groups is 2. The fourth-order valence-electron chi connectivity index (χ4n) is 3.10. The second-order valence-corrected chi connectivity index (χ2v) is 6.69. The highest BCUT2D eigenvalue weighted by Crippen LogP contribution is 2.13. The van der Waals surface area contributed by atoms with E-state index in [2.05, 4.69) is 15.3 Å². The largest absolute Gasteiger partial charge is 0.349 e. The van der Waals surface area contributed by atoms with Crippen molar-refractivity contribution in [1.29, 1.82) is 0 Å². The van der Waals surface area contributed by atoms with Gasteiger partial charge in [-0.05, 0) is 38.3 Å². The van der Waals surface area contributed by atoms with Gasteiger partial charge in [0, 0.05) is 49.7 Å². The lowest BCUT2D eigenvalue weighted by Gasteiger charge is -2.32. The predicted molar refractivity (Wildman–Crippen MR) is 98.6 cm³/mol. The van der Waals surface area contributed by atoms with E-state index in [1.807, 2.05) is 36.1 Å². The topological polar surface area (TPSA) is 75.2 Å². The summed E-state index contributed by atoms with van der Waals surface area (Å²) in [5.74, 6) is 0.0939. The number of likely N-dealkylation sites (tertiary alicyclic amines) is 1. The van der Waals surface area contributed by atoms with Crippen LogP contribution in [0.5, 0.6) is 0 Å². The van der Waals surface area contributed by atoms with Crippen molar-refractivity contribution < 1.29 is 9.59 Å². The number of hydrogen-bond donors (Lipinski definition) is 1. The van der Waals surface area contributed by atoms with Gasteiger partial charge in [-0.1, -0.05) is 17.7 Å². The molecule has 1 aromatic carbocycles. The summed E-state index contributed by atoms with van der Waals surface area (Å²) in [6, 6.07) is 7.68. The number of aryl methyl sites for hydroxylation is 2. The lowest BCUT2D eigenvalue weighted by molar-refractivity contribution is -0.132. The molecule has 2 amide bonds. The molecule has 0 atom stereocenters. The van der Waals surface area contributed by atoms with E-state index < -0.39 is 0 Å². The molecule has 1 fully saturated rings. The van der Waals surface area contributed by atoms with Crippen LogP contribution in [0.15, 0.2) is 42.9 Å². The first-order valence-electron chi connectivity index (χ1n) is 9.02. The van der Waals surface area contributed by atoms with Crippen LogP contribution in [0.4, 0.5) is 0 Å². The first-order valence-corrected chi connectivity index (χ1v) is 9.02. The van der Waals surface area contributed by atoms with E-state index in [-0.39, 0.29) is 17.9 Å². The predicted octanol–water partition coefficient (Wildman–Crippen LogP) is 2.14. The van der Waals surface area contributed by atoms with Crippen LogP contribution in [0.25, 0.3) is 0 Å². The van der Waals surface area contributed by atoms with E-state index in [0.29, 0.717) is 31.5 Å². The minimum atomic E-state index is -0.0440. The molecule has 0 bridgehead atoms. The summed E-state index contributed by atoms with van der Waals surface area (Å²) < 4.78 is 0. The van der Waals surface area contributed by atoms with Crippen LogP contribution in [0, 0.1) is 6.92 Å². The Morgan fingerprint density at radius 2 is 1.88 bits per heavy atom. The first-order chi connectivity index (χ1) is 12.6. The minimum Gasteiger partial charge on any atom is -0.349 e. The Hall–Kier alpha value is -2.76. The van der Waals surface area contributed by atoms with Gasteiger partial charge in [-0.3, -0.25) is 19.6 Å². The van der Waals surface area contributed by atoms with E-state index in [4.69, 9.17) is 0 Å². The Bertz CT molecular complexity index is 738. The minimum absolute atomic E-state index is 0.0440. The average Bonchev–Trinajstić information content (AvgIpc) is 2.68. The van der Waals surface area contributed by atoms with Crippen LogP contribution in [0.1, 0.15) is 40.9 Å². The summed E-state index contributed by atoms with van der Waals surface area (Å²) in [5.41, 5.74) is 2.65. The molecule has 1 aliphatic rings. The molecule has 1 N–H and O–H groups in total. The molecule has 0 spiro atoms. The average molecular weight is 352 g/mol. The van der Waals surface area contributed by atoms with Gasteiger partial charge in [0.15, 0.2) is 0 Å². The summed E-state index contributed by atoms with van der Waals surface area (Å²) in [6.45, 7) is 3.36. The molecule has 1 saturated heterocycles. The zero-order valence-electron chi connectivity index (χ0n) is 15.0. The van der Waals surface area contributed by atoms with E-state index in [1.165, 1.54) is 0 Å². The molecule has 0 unspecified atom stereocenters. The second kappa shape index (κ2) is 8.56. The zero-order chi connectivity index (χ0) is 18.4. The second-order valence-electron chi connectivity index (χ2n) is 6.69. The lowest BCUT2D eigenvalue weighted by atomic mass is 10.0. The van der Waals surface area contributed by atoms with Gasteiger partial charge in [-0.15, -0.1) is 0 Å². The van der Waals surface area contributed by atoms with Crippen molar-refractivity contribution >= 4 is 11.8 Å². The Morgan fingerprint density at radius 3 is 2.54 bits per heavy atom. The summed E-state index contributed by atoms with van der Waals surface area (Å²) in [4.78, 5) is 34.7. The maximum Gasteiger partial charge on any atom is 0.251 e. The number of nitrogens with one attached hydrogen (secondary N) is 1. The molecule has 0 aliphatic carbocycles. The van der Waals surface area contributed by atoms with Gasteiger partial charge in [0.1, 0.15) is 0 Å². The van der Waals surface area contributed by atoms with Crippen LogP contribution in [0.3, 0.4) is 0 Å². The number of carbonyl (C=O) groups excluding carboxylic acids is 2. The highest BCUT2D eigenvalue weighted by molar-refractivity contribution is 5.94. The van der Waals surface area contributed by atoms with E-state index in [9.17, 15) is 9.59 Å². The highest BCUT2D eigenvalue weighted by Gasteiger charge is 2.24. The number of hydrogen-bond acceptors (Lipinski definition) is 4. The number of amides is 2. The van der Waals surface area contributed by atoms with Crippen molar-refractivity contribution in [2.45, 2.75) is 38.6 Å². The van der Waals surface area contributed by atoms with Gasteiger partial charge in [-0.25, -0.2) is 0 Å². The van der Waals surface area contributed by atoms with Gasteiger partial charge in [0.25, 0.3) is 5.91 Å². The molecule has 0 radical (unpaired) electrons. The van der Waals surface area contributed by atoms with E-state index >= 15 is 0 Å². The Kier molecular flexibility index (Phi) is 5.94. The molecular formula is C20H24N4O2.